The van der Waals surface area contributed by atoms with Crippen molar-refractivity contribution in [1.29, 1.82) is 0 Å². The van der Waals surface area contributed by atoms with Gasteiger partial charge in [0, 0.05) is 0 Å². The molecule has 0 nitrogen and oxygen atoms in total. The maximum absolute atomic E-state index is 2.50. The molecule has 3 aromatic carbocycles. The summed E-state index contributed by atoms with van der Waals surface area (Å²) in [5.74, 6) is 4.86. The molecule has 3 aliphatic rings. The molecule has 128 valence electrons. The van der Waals surface area contributed by atoms with E-state index in [0.29, 0.717) is 0 Å². The molecular formula is C26H19P. The van der Waals surface area contributed by atoms with Crippen LogP contribution in [0.4, 0.5) is 0 Å². The largest absolute Gasteiger partial charge is 0.0725 e. The maximum Gasteiger partial charge on any atom is 0.0725 e. The Bertz CT molecular complexity index is 1150. The van der Waals surface area contributed by atoms with Gasteiger partial charge in [0.15, 0.2) is 0 Å². The molecule has 0 bridgehead atoms. The second-order valence-electron chi connectivity index (χ2n) is 7.52. The lowest BCUT2D eigenvalue weighted by atomic mass is 9.70. The Morgan fingerprint density at radius 1 is 0.667 bits per heavy atom. The molecule has 6 rings (SSSR count). The highest BCUT2D eigenvalue weighted by Crippen LogP contribution is 2.64. The van der Waals surface area contributed by atoms with Crippen LogP contribution in [0.3, 0.4) is 0 Å². The van der Waals surface area contributed by atoms with Crippen LogP contribution in [0.15, 0.2) is 102 Å². The van der Waals surface area contributed by atoms with E-state index in [-0.39, 0.29) is 13.3 Å². The van der Waals surface area contributed by atoms with E-state index < -0.39 is 0 Å². The van der Waals surface area contributed by atoms with Gasteiger partial charge in [0.2, 0.25) is 0 Å². The topological polar surface area (TPSA) is 0 Å². The van der Waals surface area contributed by atoms with E-state index in [9.17, 15) is 0 Å². The third-order valence-corrected chi connectivity index (χ3v) is 7.49. The highest BCUT2D eigenvalue weighted by Gasteiger charge is 2.53. The third kappa shape index (κ3) is 1.82. The number of hydrogen-bond acceptors (Lipinski definition) is 0. The molecule has 1 aliphatic heterocycles. The van der Waals surface area contributed by atoms with Crippen LogP contribution in [0.2, 0.25) is 0 Å². The summed E-state index contributed by atoms with van der Waals surface area (Å²) < 4.78 is 0. The van der Waals surface area contributed by atoms with Crippen molar-refractivity contribution in [1.82, 2.24) is 0 Å². The van der Waals surface area contributed by atoms with Gasteiger partial charge in [0.05, 0.1) is 5.41 Å². The van der Waals surface area contributed by atoms with Gasteiger partial charge >= 0.3 is 0 Å². The highest BCUT2D eigenvalue weighted by molar-refractivity contribution is 7.63. The zero-order valence-corrected chi connectivity index (χ0v) is 16.1. The van der Waals surface area contributed by atoms with Crippen LogP contribution in [0.5, 0.6) is 0 Å². The highest BCUT2D eigenvalue weighted by atomic mass is 31.1. The molecule has 27 heavy (non-hydrogen) atoms. The molecule has 1 unspecified atom stereocenters. The third-order valence-electron chi connectivity index (χ3n) is 6.18. The summed E-state index contributed by atoms with van der Waals surface area (Å²) in [7, 11) is -0.235. The van der Waals surface area contributed by atoms with E-state index in [1.807, 2.05) is 0 Å². The van der Waals surface area contributed by atoms with Crippen LogP contribution in [-0.4, -0.2) is 6.66 Å². The lowest BCUT2D eigenvalue weighted by molar-refractivity contribution is 0.795. The average Bonchev–Trinajstić information content (AvgIpc) is 3.06. The van der Waals surface area contributed by atoms with E-state index in [1.54, 1.807) is 0 Å². The molecule has 1 spiro atoms. The normalized spacial score (nSPS) is 20.3. The Morgan fingerprint density at radius 2 is 1.19 bits per heavy atom. The monoisotopic (exact) mass is 362 g/mol. The predicted molar refractivity (Wildman–Crippen MR) is 116 cm³/mol. The predicted octanol–water partition coefficient (Wildman–Crippen LogP) is 6.92. The van der Waals surface area contributed by atoms with Crippen molar-refractivity contribution >= 4 is 13.5 Å². The minimum atomic E-state index is -0.235. The van der Waals surface area contributed by atoms with Crippen LogP contribution < -0.4 is 0 Å². The van der Waals surface area contributed by atoms with Crippen LogP contribution in [-0.2, 0) is 5.41 Å². The summed E-state index contributed by atoms with van der Waals surface area (Å²) in [6.07, 6.45) is 4.65. The number of benzene rings is 3. The second-order valence-corrected chi connectivity index (χ2v) is 9.40. The summed E-state index contributed by atoms with van der Waals surface area (Å²) in [4.78, 5) is 0. The van der Waals surface area contributed by atoms with Crippen LogP contribution in [0, 0.1) is 0 Å². The first kappa shape index (κ1) is 15.4. The molecule has 0 radical (unpaired) electrons. The maximum atomic E-state index is 2.50. The van der Waals surface area contributed by atoms with Crippen molar-refractivity contribution in [3.63, 3.8) is 0 Å². The van der Waals surface area contributed by atoms with Gasteiger partial charge in [-0.2, -0.15) is 0 Å². The van der Waals surface area contributed by atoms with Gasteiger partial charge < -0.3 is 0 Å². The van der Waals surface area contributed by atoms with Crippen molar-refractivity contribution in [3.8, 4) is 11.1 Å². The summed E-state index contributed by atoms with van der Waals surface area (Å²) >= 11 is 0. The van der Waals surface area contributed by atoms with E-state index in [0.717, 1.165) is 0 Å². The van der Waals surface area contributed by atoms with Crippen LogP contribution >= 0.6 is 7.92 Å². The number of fused-ring (bicyclic) bond motifs is 10. The molecule has 1 atom stereocenters. The lowest BCUT2D eigenvalue weighted by Gasteiger charge is -2.30. The van der Waals surface area contributed by atoms with Gasteiger partial charge in [-0.25, -0.2) is 0 Å². The van der Waals surface area contributed by atoms with Crippen molar-refractivity contribution in [2.45, 2.75) is 5.41 Å². The summed E-state index contributed by atoms with van der Waals surface area (Å²) in [6, 6.07) is 27.0. The first-order valence-corrected chi connectivity index (χ1v) is 11.4. The van der Waals surface area contributed by atoms with E-state index in [4.69, 9.17) is 0 Å². The van der Waals surface area contributed by atoms with Crippen molar-refractivity contribution in [2.75, 3.05) is 6.66 Å². The van der Waals surface area contributed by atoms with Gasteiger partial charge in [-0.15, -0.1) is 0 Å². The van der Waals surface area contributed by atoms with Crippen LogP contribution in [0.25, 0.3) is 16.7 Å². The molecular weight excluding hydrogens is 343 g/mol. The molecule has 1 heteroatoms. The summed E-state index contributed by atoms with van der Waals surface area (Å²) in [5, 5.41) is 0. The molecule has 0 saturated heterocycles. The fourth-order valence-corrected chi connectivity index (χ4v) is 6.36. The molecule has 2 aliphatic carbocycles. The first-order chi connectivity index (χ1) is 13.3. The number of allylic oxidation sites excluding steroid dienone is 4. The van der Waals surface area contributed by atoms with Gasteiger partial charge in [-0.3, -0.25) is 0 Å². The first-order valence-electron chi connectivity index (χ1n) is 9.44. The molecule has 1 heterocycles. The fraction of sp³-hybridized carbons (Fsp3) is 0.0769. The standard InChI is InChI=1S/C26H19P/c1-27-16-8-15-25-21(17-27)20-11-4-7-14-24(20)26(25)22-12-5-2-9-18(22)19-10-3-6-13-23(19)26/h2-17H,1H3. The molecule has 0 amide bonds. The molecule has 0 saturated carbocycles. The van der Waals surface area contributed by atoms with E-state index >= 15 is 0 Å². The Hall–Kier alpha value is -2.69. The summed E-state index contributed by atoms with van der Waals surface area (Å²) in [5.41, 5.74) is 11.1. The SMILES string of the molecule is CP1C=CC=C2C(=C1)c1ccccc1C21c2ccccc2-c2ccccc21. The minimum Gasteiger partial charge on any atom is -0.0622 e. The Kier molecular flexibility index (Phi) is 3.08. The Morgan fingerprint density at radius 3 is 1.81 bits per heavy atom. The molecule has 0 N–H and O–H groups in total. The molecule has 0 fully saturated rings. The Labute approximate surface area is 161 Å². The second kappa shape index (κ2) is 5.41. The van der Waals surface area contributed by atoms with Crippen LogP contribution in [0.1, 0.15) is 22.3 Å². The minimum absolute atomic E-state index is 0.194. The average molecular weight is 362 g/mol. The zero-order valence-electron chi connectivity index (χ0n) is 15.2. The number of rotatable bonds is 0. The van der Waals surface area contributed by atoms with Gasteiger partial charge in [0.1, 0.15) is 0 Å². The smallest absolute Gasteiger partial charge is 0.0622 e. The van der Waals surface area contributed by atoms with Crippen molar-refractivity contribution < 1.29 is 0 Å². The lowest BCUT2D eigenvalue weighted by Crippen LogP contribution is -2.25. The van der Waals surface area contributed by atoms with Gasteiger partial charge in [-0.05, 0) is 57.0 Å². The van der Waals surface area contributed by atoms with Gasteiger partial charge in [-0.1, -0.05) is 98.7 Å². The zero-order chi connectivity index (χ0) is 18.0. The van der Waals surface area contributed by atoms with Crippen molar-refractivity contribution in [2.24, 2.45) is 0 Å². The van der Waals surface area contributed by atoms with Gasteiger partial charge in [0.25, 0.3) is 0 Å². The quantitative estimate of drug-likeness (QED) is 0.381. The number of hydrogen-bond donors (Lipinski definition) is 0. The van der Waals surface area contributed by atoms with E-state index in [1.165, 1.54) is 44.5 Å². The van der Waals surface area contributed by atoms with Crippen molar-refractivity contribution in [3.05, 3.63) is 124 Å². The molecule has 3 aromatic rings. The fourth-order valence-electron chi connectivity index (χ4n) is 5.23. The summed E-state index contributed by atoms with van der Waals surface area (Å²) in [6.45, 7) is 2.33. The molecule has 0 aromatic heterocycles. The van der Waals surface area contributed by atoms with E-state index in [2.05, 4.69) is 103 Å². The Balaban J connectivity index is 1.83.